The van der Waals surface area contributed by atoms with Gasteiger partial charge in [-0.2, -0.15) is 0 Å². The molecular weight excluding hydrogens is 290 g/mol. The summed E-state index contributed by atoms with van der Waals surface area (Å²) in [6, 6.07) is 5.83. The number of nitrogens with zero attached hydrogens (tertiary/aromatic N) is 1. The molecule has 2 aromatic rings. The van der Waals surface area contributed by atoms with E-state index in [-0.39, 0.29) is 22.1 Å². The van der Waals surface area contributed by atoms with E-state index >= 15 is 0 Å². The van der Waals surface area contributed by atoms with Crippen LogP contribution in [0.25, 0.3) is 0 Å². The van der Waals surface area contributed by atoms with Crippen LogP contribution in [-0.2, 0) is 9.84 Å². The second kappa shape index (κ2) is 5.61. The zero-order valence-corrected chi connectivity index (χ0v) is 12.6. The Morgan fingerprint density at radius 1 is 1.33 bits per heavy atom. The maximum Gasteiger partial charge on any atom is 0.178 e. The van der Waals surface area contributed by atoms with Crippen molar-refractivity contribution in [3.05, 3.63) is 36.0 Å². The van der Waals surface area contributed by atoms with Gasteiger partial charge in [0.25, 0.3) is 0 Å². The highest BCUT2D eigenvalue weighted by molar-refractivity contribution is 7.91. The molecule has 0 aliphatic carbocycles. The quantitative estimate of drug-likeness (QED) is 0.748. The average Bonchev–Trinajstić information content (AvgIpc) is 2.46. The van der Waals surface area contributed by atoms with Crippen molar-refractivity contribution < 1.29 is 13.5 Å². The average molecular weight is 307 g/mol. The van der Waals surface area contributed by atoms with Gasteiger partial charge in [0.2, 0.25) is 0 Å². The zero-order chi connectivity index (χ0) is 15.6. The Morgan fingerprint density at radius 2 is 2.05 bits per heavy atom. The molecule has 0 atom stereocenters. The number of benzene rings is 1. The number of nitrogens with one attached hydrogen (secondary N) is 1. The molecular formula is C14H17N3O3S. The number of aromatic nitrogens is 1. The van der Waals surface area contributed by atoms with Gasteiger partial charge in [0.15, 0.2) is 15.7 Å². The Morgan fingerprint density at radius 3 is 2.71 bits per heavy atom. The Kier molecular flexibility index (Phi) is 4.04. The Labute approximate surface area is 123 Å². The van der Waals surface area contributed by atoms with Crippen LogP contribution in [0.15, 0.2) is 35.4 Å². The van der Waals surface area contributed by atoms with Crippen molar-refractivity contribution in [3.63, 3.8) is 0 Å². The smallest absolute Gasteiger partial charge is 0.178 e. The maximum absolute atomic E-state index is 11.9. The molecule has 0 spiro atoms. The first kappa shape index (κ1) is 15.1. The van der Waals surface area contributed by atoms with Crippen molar-refractivity contribution in [2.45, 2.75) is 18.7 Å². The molecule has 6 nitrogen and oxygen atoms in total. The Bertz CT molecular complexity index is 773. The number of phenols is 1. The number of rotatable bonds is 4. The van der Waals surface area contributed by atoms with E-state index in [1.165, 1.54) is 18.2 Å². The van der Waals surface area contributed by atoms with Crippen LogP contribution < -0.4 is 11.1 Å². The van der Waals surface area contributed by atoms with E-state index in [2.05, 4.69) is 10.3 Å². The summed E-state index contributed by atoms with van der Waals surface area (Å²) in [4.78, 5) is 4.23. The van der Waals surface area contributed by atoms with E-state index in [0.717, 1.165) is 5.56 Å². The molecule has 21 heavy (non-hydrogen) atoms. The number of pyridine rings is 1. The molecule has 0 saturated carbocycles. The molecule has 1 aromatic carbocycles. The number of nitrogen functional groups attached to an aromatic ring is 1. The number of anilines is 3. The first-order valence-corrected chi connectivity index (χ1v) is 8.04. The van der Waals surface area contributed by atoms with Gasteiger partial charge in [0.1, 0.15) is 5.75 Å². The third-order valence-electron chi connectivity index (χ3n) is 3.17. The molecule has 1 heterocycles. The van der Waals surface area contributed by atoms with Crippen LogP contribution in [0.2, 0.25) is 0 Å². The lowest BCUT2D eigenvalue weighted by Crippen LogP contribution is -2.05. The van der Waals surface area contributed by atoms with Crippen LogP contribution >= 0.6 is 0 Å². The predicted octanol–water partition coefficient (Wildman–Crippen LogP) is 2.22. The molecule has 0 unspecified atom stereocenters. The van der Waals surface area contributed by atoms with Crippen molar-refractivity contribution in [1.29, 1.82) is 0 Å². The molecule has 1 aromatic heterocycles. The summed E-state index contributed by atoms with van der Waals surface area (Å²) >= 11 is 0. The van der Waals surface area contributed by atoms with Gasteiger partial charge < -0.3 is 16.2 Å². The predicted molar refractivity (Wildman–Crippen MR) is 82.5 cm³/mol. The molecule has 2 rings (SSSR count). The molecule has 4 N–H and O–H groups in total. The molecule has 0 saturated heterocycles. The second-order valence-corrected chi connectivity index (χ2v) is 6.88. The zero-order valence-electron chi connectivity index (χ0n) is 11.8. The first-order valence-electron chi connectivity index (χ1n) is 6.39. The van der Waals surface area contributed by atoms with Gasteiger partial charge in [-0.05, 0) is 36.8 Å². The summed E-state index contributed by atoms with van der Waals surface area (Å²) in [6.45, 7) is 3.40. The highest BCUT2D eigenvalue weighted by Crippen LogP contribution is 2.31. The van der Waals surface area contributed by atoms with Crippen LogP contribution in [0.5, 0.6) is 5.75 Å². The van der Waals surface area contributed by atoms with Gasteiger partial charge >= 0.3 is 0 Å². The van der Waals surface area contributed by atoms with E-state index in [1.807, 2.05) is 6.92 Å². The minimum absolute atomic E-state index is 0.0119. The summed E-state index contributed by atoms with van der Waals surface area (Å²) in [7, 11) is -3.35. The summed E-state index contributed by atoms with van der Waals surface area (Å²) in [5, 5.41) is 12.7. The topological polar surface area (TPSA) is 105 Å². The highest BCUT2D eigenvalue weighted by atomic mass is 32.2. The molecule has 0 radical (unpaired) electrons. The van der Waals surface area contributed by atoms with Gasteiger partial charge in [-0.3, -0.25) is 0 Å². The van der Waals surface area contributed by atoms with Crippen LogP contribution in [0.3, 0.4) is 0 Å². The van der Waals surface area contributed by atoms with E-state index in [9.17, 15) is 13.5 Å². The largest absolute Gasteiger partial charge is 0.506 e. The van der Waals surface area contributed by atoms with E-state index in [0.29, 0.717) is 11.5 Å². The van der Waals surface area contributed by atoms with Crippen LogP contribution in [-0.4, -0.2) is 24.3 Å². The normalized spacial score (nSPS) is 11.3. The van der Waals surface area contributed by atoms with Crippen molar-refractivity contribution >= 4 is 27.0 Å². The highest BCUT2D eigenvalue weighted by Gasteiger charge is 2.15. The van der Waals surface area contributed by atoms with Gasteiger partial charge in [-0.25, -0.2) is 13.4 Å². The fourth-order valence-corrected chi connectivity index (χ4v) is 2.68. The van der Waals surface area contributed by atoms with Crippen molar-refractivity contribution in [2.75, 3.05) is 16.8 Å². The molecule has 0 amide bonds. The van der Waals surface area contributed by atoms with Gasteiger partial charge in [-0.1, -0.05) is 6.92 Å². The van der Waals surface area contributed by atoms with Crippen molar-refractivity contribution in [3.8, 4) is 5.75 Å². The minimum Gasteiger partial charge on any atom is -0.506 e. The number of hydrogen-bond acceptors (Lipinski definition) is 6. The molecule has 112 valence electrons. The van der Waals surface area contributed by atoms with Crippen molar-refractivity contribution in [2.24, 2.45) is 0 Å². The number of sulfone groups is 1. The van der Waals surface area contributed by atoms with Crippen molar-refractivity contribution in [1.82, 2.24) is 4.98 Å². The Hall–Kier alpha value is -2.28. The van der Waals surface area contributed by atoms with Crippen LogP contribution in [0.1, 0.15) is 12.5 Å². The molecule has 0 aliphatic heterocycles. The number of aryl methyl sites for hydroxylation is 1. The standard InChI is InChI=1S/C14H17N3O3S/c1-3-21(19,20)10-4-5-12(18)11(8-10)17-14-13(15)9(2)6-7-16-14/h4-8,18H,3,15H2,1-2H3,(H,16,17). The van der Waals surface area contributed by atoms with Gasteiger partial charge in [-0.15, -0.1) is 0 Å². The van der Waals surface area contributed by atoms with E-state index in [4.69, 9.17) is 5.73 Å². The lowest BCUT2D eigenvalue weighted by molar-refractivity contribution is 0.477. The number of phenolic OH excluding ortho intramolecular Hbond substituents is 1. The minimum atomic E-state index is -3.35. The lowest BCUT2D eigenvalue weighted by atomic mass is 10.2. The molecule has 0 bridgehead atoms. The summed E-state index contributed by atoms with van der Waals surface area (Å²) in [5.74, 6) is 0.284. The third kappa shape index (κ3) is 3.08. The number of hydrogen-bond donors (Lipinski definition) is 3. The fraction of sp³-hybridized carbons (Fsp3) is 0.214. The van der Waals surface area contributed by atoms with E-state index < -0.39 is 9.84 Å². The monoisotopic (exact) mass is 307 g/mol. The Balaban J connectivity index is 2.45. The first-order chi connectivity index (χ1) is 9.85. The summed E-state index contributed by atoms with van der Waals surface area (Å²) < 4.78 is 23.8. The molecule has 0 aliphatic rings. The van der Waals surface area contributed by atoms with Crippen LogP contribution in [0, 0.1) is 6.92 Å². The number of aromatic hydroxyl groups is 1. The third-order valence-corrected chi connectivity index (χ3v) is 4.90. The summed E-state index contributed by atoms with van der Waals surface area (Å²) in [6.07, 6.45) is 1.58. The number of nitrogens with two attached hydrogens (primary N) is 1. The fourth-order valence-electron chi connectivity index (χ4n) is 1.77. The maximum atomic E-state index is 11.9. The van der Waals surface area contributed by atoms with Gasteiger partial charge in [0.05, 0.1) is 22.0 Å². The summed E-state index contributed by atoms with van der Waals surface area (Å²) in [5.41, 5.74) is 7.43. The van der Waals surface area contributed by atoms with E-state index in [1.54, 1.807) is 19.2 Å². The molecule has 7 heteroatoms. The van der Waals surface area contributed by atoms with Gasteiger partial charge in [0, 0.05) is 6.20 Å². The second-order valence-electron chi connectivity index (χ2n) is 4.60. The van der Waals surface area contributed by atoms with Crippen LogP contribution in [0.4, 0.5) is 17.2 Å². The molecule has 0 fully saturated rings. The lowest BCUT2D eigenvalue weighted by Gasteiger charge is -2.12. The SMILES string of the molecule is CCS(=O)(=O)c1ccc(O)c(Nc2nccc(C)c2N)c1.